The molecule has 0 amide bonds. The molecule has 12 aromatic rings. The van der Waals surface area contributed by atoms with Crippen LogP contribution in [0.15, 0.2) is 206 Å². The number of fused-ring (bicyclic) bond motifs is 6. The number of hydrogen-bond acceptors (Lipinski definition) is 2. The zero-order valence-electron chi connectivity index (χ0n) is 40.6. The van der Waals surface area contributed by atoms with Gasteiger partial charge in [0.1, 0.15) is 0 Å². The number of halogens is 6. The van der Waals surface area contributed by atoms with Crippen LogP contribution in [-0.2, 0) is 12.4 Å². The predicted octanol–water partition coefficient (Wildman–Crippen LogP) is 19.1. The highest BCUT2D eigenvalue weighted by Crippen LogP contribution is 2.48. The maximum absolute atomic E-state index is 15.7. The predicted molar refractivity (Wildman–Crippen MR) is 294 cm³/mol. The molecule has 12 heteroatoms. The van der Waals surface area contributed by atoms with Crippen LogP contribution in [0.4, 0.5) is 37.7 Å². The second kappa shape index (κ2) is 18.6. The van der Waals surface area contributed by atoms with Crippen LogP contribution in [-0.4, -0.2) is 9.13 Å². The molecular formula is C66H34F6N6. The fourth-order valence-electron chi connectivity index (χ4n) is 10.8. The monoisotopic (exact) mass is 1020 g/mol. The number of benzene rings is 10. The fraction of sp³-hybridized carbons (Fsp3) is 0.0303. The van der Waals surface area contributed by atoms with Crippen molar-refractivity contribution in [3.8, 4) is 79.1 Å². The van der Waals surface area contributed by atoms with Gasteiger partial charge in [-0.2, -0.15) is 36.9 Å². The molecule has 0 fully saturated rings. The summed E-state index contributed by atoms with van der Waals surface area (Å²) in [4.78, 5) is 7.44. The summed E-state index contributed by atoms with van der Waals surface area (Å²) >= 11 is 0. The maximum Gasteiger partial charge on any atom is 0.417 e. The van der Waals surface area contributed by atoms with Crippen molar-refractivity contribution in [3.63, 3.8) is 0 Å². The normalized spacial score (nSPS) is 11.7. The van der Waals surface area contributed by atoms with E-state index in [0.717, 1.165) is 24.3 Å². The molecule has 0 atom stereocenters. The van der Waals surface area contributed by atoms with Gasteiger partial charge >= 0.3 is 12.4 Å². The molecule has 0 spiro atoms. The Balaban J connectivity index is 1.16. The molecule has 0 saturated carbocycles. The van der Waals surface area contributed by atoms with E-state index in [9.17, 15) is 10.5 Å². The Bertz CT molecular complexity index is 4140. The first-order valence-corrected chi connectivity index (χ1v) is 24.3. The van der Waals surface area contributed by atoms with E-state index in [1.165, 1.54) is 12.1 Å². The van der Waals surface area contributed by atoms with Gasteiger partial charge in [-0.25, -0.2) is 9.69 Å². The number of rotatable bonds is 7. The number of alkyl halides is 6. The number of para-hydroxylation sites is 2. The molecule has 0 aliphatic rings. The number of nitriles is 2. The average Bonchev–Trinajstić information content (AvgIpc) is 4.20. The van der Waals surface area contributed by atoms with Crippen molar-refractivity contribution in [1.82, 2.24) is 9.13 Å². The molecule has 12 rings (SSSR count). The van der Waals surface area contributed by atoms with Gasteiger partial charge in [-0.15, -0.1) is 0 Å². The highest BCUT2D eigenvalue weighted by atomic mass is 19.4. The van der Waals surface area contributed by atoms with Crippen LogP contribution in [0.5, 0.6) is 0 Å². The van der Waals surface area contributed by atoms with E-state index >= 15 is 26.3 Å². The lowest BCUT2D eigenvalue weighted by molar-refractivity contribution is -0.139. The van der Waals surface area contributed by atoms with Gasteiger partial charge in [0.2, 0.25) is 0 Å². The van der Waals surface area contributed by atoms with Gasteiger partial charge in [-0.1, -0.05) is 133 Å². The third kappa shape index (κ3) is 8.05. The first kappa shape index (κ1) is 48.3. The van der Waals surface area contributed by atoms with E-state index in [1.54, 1.807) is 106 Å². The van der Waals surface area contributed by atoms with Crippen LogP contribution in [0.2, 0.25) is 0 Å². The summed E-state index contributed by atoms with van der Waals surface area (Å²) in [5.74, 6) is 0. The maximum atomic E-state index is 15.7. The Hall–Kier alpha value is -10.7. The van der Waals surface area contributed by atoms with Crippen molar-refractivity contribution < 1.29 is 26.3 Å². The van der Waals surface area contributed by atoms with E-state index in [1.807, 2.05) is 72.8 Å². The van der Waals surface area contributed by atoms with Gasteiger partial charge in [0.25, 0.3) is 0 Å². The van der Waals surface area contributed by atoms with E-state index in [2.05, 4.69) is 21.8 Å². The van der Waals surface area contributed by atoms with E-state index in [4.69, 9.17) is 13.1 Å². The molecule has 10 aromatic carbocycles. The van der Waals surface area contributed by atoms with Crippen molar-refractivity contribution in [2.24, 2.45) is 0 Å². The van der Waals surface area contributed by atoms with Gasteiger partial charge in [0.15, 0.2) is 11.4 Å². The number of aromatic nitrogens is 2. The van der Waals surface area contributed by atoms with Crippen molar-refractivity contribution in [2.75, 3.05) is 0 Å². The molecule has 2 heterocycles. The van der Waals surface area contributed by atoms with Gasteiger partial charge in [0.05, 0.1) is 69.6 Å². The van der Waals surface area contributed by atoms with Crippen LogP contribution in [0.3, 0.4) is 0 Å². The molecule has 78 heavy (non-hydrogen) atoms. The Labute approximate surface area is 442 Å². The first-order valence-electron chi connectivity index (χ1n) is 24.3. The van der Waals surface area contributed by atoms with Crippen molar-refractivity contribution in [1.29, 1.82) is 10.5 Å². The minimum Gasteiger partial charge on any atom is -0.309 e. The summed E-state index contributed by atoms with van der Waals surface area (Å²) in [5, 5.41) is 22.9. The SMILES string of the molecule is [C-]#[N+]c1ccccc1-c1ccc2c3ccc(-c4ccccc4C#N)cc3n(-c3ccc(C(F)(F)F)c(-c4cc(-n5c6cc(-c7ccccc7C#N)ccc6c6ccc(-c7ccccc7[N+]#[C-])cc65)ccc4C(F)(F)F)c3)c2c1. The summed E-state index contributed by atoms with van der Waals surface area (Å²) in [7, 11) is 0. The summed E-state index contributed by atoms with van der Waals surface area (Å²) in [6.07, 6.45) is -10.3. The molecule has 0 bridgehead atoms. The summed E-state index contributed by atoms with van der Waals surface area (Å²) in [6.45, 7) is 15.8. The number of nitrogens with zero attached hydrogens (tertiary/aromatic N) is 6. The fourth-order valence-corrected chi connectivity index (χ4v) is 10.8. The van der Waals surface area contributed by atoms with E-state index in [0.29, 0.717) is 111 Å². The molecule has 0 radical (unpaired) electrons. The summed E-state index contributed by atoms with van der Waals surface area (Å²) in [5.41, 5.74) is 4.49. The van der Waals surface area contributed by atoms with Gasteiger partial charge in [0, 0.05) is 32.9 Å². The minimum absolute atomic E-state index is 0.110. The standard InChI is InChI=1S/C66H34F6N6/c1-75-59-17-9-7-15-49(59)41-21-27-53-51-25-19-39(47-13-5-3-11-43(47)37-73)31-61(51)77(63(53)33-41)45-23-29-57(65(67,68)69)55(35-45)56-36-46(24-30-58(56)66(70,71)72)78-62-32-40(48-14-6-4-12-44(48)38-74)20-26-52(62)54-28-22-42(34-64(54)78)50-16-8-10-18-60(50)76-2/h3-36H. The topological polar surface area (TPSA) is 66.2 Å². The second-order valence-electron chi connectivity index (χ2n) is 18.6. The molecule has 0 unspecified atom stereocenters. The smallest absolute Gasteiger partial charge is 0.309 e. The van der Waals surface area contributed by atoms with Gasteiger partial charge < -0.3 is 9.13 Å². The minimum atomic E-state index is -5.14. The molecule has 0 aliphatic heterocycles. The van der Waals surface area contributed by atoms with Gasteiger partial charge in [-0.05, 0) is 128 Å². The van der Waals surface area contributed by atoms with E-state index in [-0.39, 0.29) is 11.4 Å². The molecule has 0 aliphatic carbocycles. The second-order valence-corrected chi connectivity index (χ2v) is 18.6. The third-order valence-electron chi connectivity index (χ3n) is 14.3. The molecule has 6 nitrogen and oxygen atoms in total. The van der Waals surface area contributed by atoms with Crippen LogP contribution >= 0.6 is 0 Å². The Morgan fingerprint density at radius 2 is 0.654 bits per heavy atom. The molecule has 2 aromatic heterocycles. The highest BCUT2D eigenvalue weighted by molar-refractivity contribution is 6.13. The first-order chi connectivity index (χ1) is 37.8. The van der Waals surface area contributed by atoms with E-state index < -0.39 is 34.6 Å². The Morgan fingerprint density at radius 3 is 0.974 bits per heavy atom. The Morgan fingerprint density at radius 1 is 0.346 bits per heavy atom. The summed E-state index contributed by atoms with van der Waals surface area (Å²) in [6, 6.07) is 60.8. The number of hydrogen-bond donors (Lipinski definition) is 0. The van der Waals surface area contributed by atoms with Crippen molar-refractivity contribution >= 4 is 55.0 Å². The Kier molecular flexibility index (Phi) is 11.5. The van der Waals surface area contributed by atoms with Crippen molar-refractivity contribution in [3.05, 3.63) is 251 Å². The lowest BCUT2D eigenvalue weighted by Crippen LogP contribution is -2.12. The summed E-state index contributed by atoms with van der Waals surface area (Å²) < 4.78 is 97.6. The van der Waals surface area contributed by atoms with Crippen LogP contribution in [0, 0.1) is 35.8 Å². The molecular weight excluding hydrogens is 991 g/mol. The third-order valence-corrected chi connectivity index (χ3v) is 14.3. The van der Waals surface area contributed by atoms with Crippen molar-refractivity contribution in [2.45, 2.75) is 12.4 Å². The average molecular weight is 1030 g/mol. The van der Waals surface area contributed by atoms with Crippen LogP contribution < -0.4 is 0 Å². The van der Waals surface area contributed by atoms with Gasteiger partial charge in [-0.3, -0.25) is 0 Å². The molecule has 0 saturated heterocycles. The quantitative estimate of drug-likeness (QED) is 0.118. The zero-order valence-corrected chi connectivity index (χ0v) is 40.6. The highest BCUT2D eigenvalue weighted by Gasteiger charge is 2.39. The lowest BCUT2D eigenvalue weighted by Gasteiger charge is -2.21. The molecule has 0 N–H and O–H groups in total. The van der Waals surface area contributed by atoms with Crippen LogP contribution in [0.1, 0.15) is 22.3 Å². The zero-order chi connectivity index (χ0) is 54.0. The van der Waals surface area contributed by atoms with Crippen LogP contribution in [0.25, 0.3) is 120 Å². The lowest BCUT2D eigenvalue weighted by atomic mass is 9.93. The molecule has 370 valence electrons. The largest absolute Gasteiger partial charge is 0.417 e.